The number of pyridine rings is 1. The minimum absolute atomic E-state index is 0.202. The second-order valence-corrected chi connectivity index (χ2v) is 8.91. The van der Waals surface area contributed by atoms with Gasteiger partial charge in [0, 0.05) is 29.0 Å². The number of fused-ring (bicyclic) bond motifs is 1. The van der Waals surface area contributed by atoms with Crippen LogP contribution in [0.2, 0.25) is 5.02 Å². The third-order valence-corrected chi connectivity index (χ3v) is 6.60. The maximum Gasteiger partial charge on any atom is 0.249 e. The maximum atomic E-state index is 12.4. The molecule has 0 aliphatic heterocycles. The summed E-state index contributed by atoms with van der Waals surface area (Å²) in [5, 5.41) is 13.7. The maximum absolute atomic E-state index is 12.4. The molecule has 5 nitrogen and oxygen atoms in total. The second-order valence-electron chi connectivity index (χ2n) is 8.47. The highest BCUT2D eigenvalue weighted by Crippen LogP contribution is 2.39. The Labute approximate surface area is 202 Å². The number of halogens is 1. The molecule has 2 N–H and O–H groups in total. The predicted molar refractivity (Wildman–Crippen MR) is 136 cm³/mol. The van der Waals surface area contributed by atoms with Crippen LogP contribution in [0.3, 0.4) is 0 Å². The molecule has 0 fully saturated rings. The Hall–Kier alpha value is -3.67. The highest BCUT2D eigenvalue weighted by Gasteiger charge is 2.36. The van der Waals surface area contributed by atoms with Gasteiger partial charge in [0.05, 0.1) is 18.2 Å². The smallest absolute Gasteiger partial charge is 0.249 e. The van der Waals surface area contributed by atoms with Crippen LogP contribution in [0.1, 0.15) is 29.3 Å². The van der Waals surface area contributed by atoms with Crippen molar-refractivity contribution in [2.24, 2.45) is 7.05 Å². The number of nitrogens with zero attached hydrogens (tertiary/aromatic N) is 2. The van der Waals surface area contributed by atoms with Crippen molar-refractivity contribution in [2.45, 2.75) is 18.9 Å². The molecule has 170 valence electrons. The van der Waals surface area contributed by atoms with Gasteiger partial charge in [-0.2, -0.15) is 0 Å². The third kappa shape index (κ3) is 3.73. The summed E-state index contributed by atoms with van der Waals surface area (Å²) in [6.07, 6.45) is 4.27. The Bertz CT molecular complexity index is 1550. The summed E-state index contributed by atoms with van der Waals surface area (Å²) in [6.45, 7) is 2.10. The van der Waals surface area contributed by atoms with E-state index in [-0.39, 0.29) is 5.56 Å². The molecule has 5 aromatic rings. The van der Waals surface area contributed by atoms with Crippen LogP contribution in [-0.2, 0) is 19.1 Å². The van der Waals surface area contributed by atoms with E-state index in [4.69, 9.17) is 11.6 Å². The van der Waals surface area contributed by atoms with Gasteiger partial charge in [-0.15, -0.1) is 0 Å². The first-order valence-corrected chi connectivity index (χ1v) is 11.5. The van der Waals surface area contributed by atoms with Gasteiger partial charge in [0.15, 0.2) is 5.60 Å². The zero-order valence-corrected chi connectivity index (χ0v) is 19.7. The molecule has 5 rings (SSSR count). The lowest BCUT2D eigenvalue weighted by atomic mass is 9.82. The zero-order valence-electron chi connectivity index (χ0n) is 18.9. The molecule has 1 atom stereocenters. The van der Waals surface area contributed by atoms with Gasteiger partial charge in [-0.05, 0) is 58.5 Å². The molecule has 0 saturated carbocycles. The molecule has 1 unspecified atom stereocenters. The number of H-pyrrole nitrogens is 1. The first-order chi connectivity index (χ1) is 16.4. The summed E-state index contributed by atoms with van der Waals surface area (Å²) in [5.74, 6) is 0. The van der Waals surface area contributed by atoms with Crippen molar-refractivity contribution in [3.8, 4) is 11.1 Å². The number of hydrogen-bond donors (Lipinski definition) is 2. The lowest BCUT2D eigenvalue weighted by Crippen LogP contribution is -2.31. The van der Waals surface area contributed by atoms with Crippen LogP contribution in [0.15, 0.2) is 90.1 Å². The van der Waals surface area contributed by atoms with Crippen molar-refractivity contribution >= 4 is 22.5 Å². The van der Waals surface area contributed by atoms with Crippen molar-refractivity contribution in [2.75, 3.05) is 0 Å². The van der Waals surface area contributed by atoms with Gasteiger partial charge in [-0.3, -0.25) is 4.79 Å². The fourth-order valence-corrected chi connectivity index (χ4v) is 4.71. The predicted octanol–water partition coefficient (Wildman–Crippen LogP) is 5.43. The van der Waals surface area contributed by atoms with E-state index in [0.29, 0.717) is 21.8 Å². The zero-order chi connectivity index (χ0) is 23.9. The standard InChI is InChI=1S/C28H24ClN3O2/c1-3-18-7-9-20(10-8-18)28(34,26-16-30-17-32(26)2)21-11-12-25-24(14-21)23(15-27(33)31-25)19-5-4-6-22(29)13-19/h4-17,34H,3H2,1-2H3,(H,31,33). The number of aromatic amines is 1. The monoisotopic (exact) mass is 469 g/mol. The molecule has 0 amide bonds. The molecule has 0 radical (unpaired) electrons. The molecule has 2 aromatic heterocycles. The number of imidazole rings is 1. The Morgan fingerprint density at radius 2 is 1.79 bits per heavy atom. The van der Waals surface area contributed by atoms with Crippen LogP contribution in [0.5, 0.6) is 0 Å². The molecule has 2 heterocycles. The van der Waals surface area contributed by atoms with E-state index < -0.39 is 5.60 Å². The number of rotatable bonds is 5. The molecule has 3 aromatic carbocycles. The summed E-state index contributed by atoms with van der Waals surface area (Å²) >= 11 is 6.24. The summed E-state index contributed by atoms with van der Waals surface area (Å²) in [7, 11) is 1.86. The van der Waals surface area contributed by atoms with Crippen molar-refractivity contribution in [1.29, 1.82) is 0 Å². The molecule has 6 heteroatoms. The number of benzene rings is 3. The first kappa shape index (κ1) is 22.1. The van der Waals surface area contributed by atoms with E-state index in [0.717, 1.165) is 28.5 Å². The van der Waals surface area contributed by atoms with E-state index >= 15 is 0 Å². The van der Waals surface area contributed by atoms with Gasteiger partial charge in [-0.25, -0.2) is 4.98 Å². The Morgan fingerprint density at radius 1 is 1.03 bits per heavy atom. The highest BCUT2D eigenvalue weighted by molar-refractivity contribution is 6.30. The largest absolute Gasteiger partial charge is 0.374 e. The topological polar surface area (TPSA) is 70.9 Å². The quantitative estimate of drug-likeness (QED) is 0.360. The molecule has 0 aliphatic rings. The van der Waals surface area contributed by atoms with Crippen LogP contribution in [-0.4, -0.2) is 19.6 Å². The lowest BCUT2D eigenvalue weighted by Gasteiger charge is -2.30. The fourth-order valence-electron chi connectivity index (χ4n) is 4.52. The first-order valence-electron chi connectivity index (χ1n) is 11.1. The van der Waals surface area contributed by atoms with Crippen molar-refractivity contribution < 1.29 is 5.11 Å². The lowest BCUT2D eigenvalue weighted by molar-refractivity contribution is 0.117. The van der Waals surface area contributed by atoms with Gasteiger partial charge < -0.3 is 14.7 Å². The average molecular weight is 470 g/mol. The molecule has 0 spiro atoms. The normalized spacial score (nSPS) is 13.2. The van der Waals surface area contributed by atoms with Crippen molar-refractivity contribution in [3.63, 3.8) is 0 Å². The highest BCUT2D eigenvalue weighted by atomic mass is 35.5. The van der Waals surface area contributed by atoms with E-state index in [2.05, 4.69) is 16.9 Å². The van der Waals surface area contributed by atoms with Gasteiger partial charge in [0.1, 0.15) is 0 Å². The second kappa shape index (κ2) is 8.60. The molecule has 0 bridgehead atoms. The van der Waals surface area contributed by atoms with Crippen LogP contribution in [0.4, 0.5) is 0 Å². The number of aromatic nitrogens is 3. The van der Waals surface area contributed by atoms with Crippen LogP contribution in [0.25, 0.3) is 22.0 Å². The molecular formula is C28H24ClN3O2. The Balaban J connectivity index is 1.79. The minimum Gasteiger partial charge on any atom is -0.374 e. The van der Waals surface area contributed by atoms with E-state index in [1.807, 2.05) is 72.3 Å². The number of aliphatic hydroxyl groups is 1. The summed E-state index contributed by atoms with van der Waals surface area (Å²) in [4.78, 5) is 19.6. The summed E-state index contributed by atoms with van der Waals surface area (Å²) < 4.78 is 1.82. The fraction of sp³-hybridized carbons (Fsp3) is 0.143. The summed E-state index contributed by atoms with van der Waals surface area (Å²) in [5.41, 5.74) is 3.85. The summed E-state index contributed by atoms with van der Waals surface area (Å²) in [6, 6.07) is 22.6. The number of nitrogens with one attached hydrogen (secondary N) is 1. The SMILES string of the molecule is CCc1ccc(C(O)(c2ccc3[nH]c(=O)cc(-c4cccc(Cl)c4)c3c2)c2cncn2C)cc1. The van der Waals surface area contributed by atoms with Crippen LogP contribution < -0.4 is 5.56 Å². The van der Waals surface area contributed by atoms with Crippen LogP contribution >= 0.6 is 11.6 Å². The van der Waals surface area contributed by atoms with E-state index in [9.17, 15) is 9.90 Å². The van der Waals surface area contributed by atoms with Gasteiger partial charge in [-0.1, -0.05) is 61.0 Å². The van der Waals surface area contributed by atoms with E-state index in [1.54, 1.807) is 24.7 Å². The third-order valence-electron chi connectivity index (χ3n) is 6.36. The van der Waals surface area contributed by atoms with Gasteiger partial charge in [0.2, 0.25) is 5.56 Å². The van der Waals surface area contributed by atoms with Crippen LogP contribution in [0, 0.1) is 0 Å². The Morgan fingerprint density at radius 3 is 2.47 bits per heavy atom. The molecule has 34 heavy (non-hydrogen) atoms. The van der Waals surface area contributed by atoms with E-state index in [1.165, 1.54) is 5.56 Å². The number of aryl methyl sites for hydroxylation is 2. The van der Waals surface area contributed by atoms with Crippen molar-refractivity contribution in [1.82, 2.24) is 14.5 Å². The molecular weight excluding hydrogens is 446 g/mol. The number of hydrogen-bond acceptors (Lipinski definition) is 3. The molecule has 0 saturated heterocycles. The minimum atomic E-state index is -1.45. The van der Waals surface area contributed by atoms with Gasteiger partial charge in [0.25, 0.3) is 0 Å². The Kier molecular flexibility index (Phi) is 5.60. The molecule has 0 aliphatic carbocycles. The van der Waals surface area contributed by atoms with Crippen molar-refractivity contribution in [3.05, 3.63) is 123 Å². The average Bonchev–Trinajstić information content (AvgIpc) is 3.29. The van der Waals surface area contributed by atoms with Gasteiger partial charge >= 0.3 is 0 Å².